The molecule has 6 heteroatoms. The maximum atomic E-state index is 11.9. The van der Waals surface area contributed by atoms with Crippen molar-refractivity contribution >= 4 is 39.5 Å². The van der Waals surface area contributed by atoms with Gasteiger partial charge in [0.25, 0.3) is 0 Å². The smallest absolute Gasteiger partial charge is 0.239 e. The molecule has 1 aromatic rings. The van der Waals surface area contributed by atoms with Crippen LogP contribution < -0.4 is 10.6 Å². The molecule has 2 amide bonds. The van der Waals surface area contributed by atoms with Crippen molar-refractivity contribution in [3.05, 3.63) is 34.3 Å². The zero-order valence-corrected chi connectivity index (χ0v) is 14.3. The van der Waals surface area contributed by atoms with Crippen molar-refractivity contribution in [1.29, 1.82) is 0 Å². The monoisotopic (exact) mass is 370 g/mol. The number of amides is 2. The molecule has 0 aliphatic heterocycles. The molecule has 2 rings (SSSR count). The third-order valence-electron chi connectivity index (χ3n) is 3.15. The standard InChI is InChI=1S/C15H19BrN2O2S/c1-10(21-9-11-2-4-12(16)5-3-11)15(20)17-8-14(19)18-13-6-7-13/h2-5,10,13H,6-9H2,1H3,(H,17,20)(H,18,19)/t10-/m1/s1. The highest BCUT2D eigenvalue weighted by molar-refractivity contribution is 9.10. The van der Waals surface area contributed by atoms with Crippen LogP contribution in [0, 0.1) is 0 Å². The van der Waals surface area contributed by atoms with Gasteiger partial charge in [-0.3, -0.25) is 9.59 Å². The molecule has 0 saturated heterocycles. The first-order chi connectivity index (χ1) is 10.0. The number of carbonyl (C=O) groups is 2. The fourth-order valence-corrected chi connectivity index (χ4v) is 2.83. The van der Waals surface area contributed by atoms with E-state index in [1.807, 2.05) is 31.2 Å². The molecule has 1 saturated carbocycles. The van der Waals surface area contributed by atoms with Crippen LogP contribution in [0.15, 0.2) is 28.7 Å². The van der Waals surface area contributed by atoms with Gasteiger partial charge in [-0.1, -0.05) is 28.1 Å². The molecule has 1 aliphatic rings. The normalized spacial score (nSPS) is 15.3. The van der Waals surface area contributed by atoms with Crippen LogP contribution in [0.3, 0.4) is 0 Å². The fourth-order valence-electron chi connectivity index (χ4n) is 1.70. The Kier molecular flexibility index (Phi) is 6.11. The number of carbonyl (C=O) groups excluding carboxylic acids is 2. The Hall–Kier alpha value is -1.01. The molecule has 114 valence electrons. The Morgan fingerprint density at radius 2 is 2.00 bits per heavy atom. The second-order valence-corrected chi connectivity index (χ2v) is 7.38. The van der Waals surface area contributed by atoms with E-state index >= 15 is 0 Å². The van der Waals surface area contributed by atoms with Crippen molar-refractivity contribution in [3.8, 4) is 0 Å². The van der Waals surface area contributed by atoms with Crippen molar-refractivity contribution in [2.24, 2.45) is 0 Å². The molecule has 1 fully saturated rings. The molecule has 21 heavy (non-hydrogen) atoms. The van der Waals surface area contributed by atoms with Crippen molar-refractivity contribution < 1.29 is 9.59 Å². The van der Waals surface area contributed by atoms with E-state index in [9.17, 15) is 9.59 Å². The number of thioether (sulfide) groups is 1. The summed E-state index contributed by atoms with van der Waals surface area (Å²) in [7, 11) is 0. The van der Waals surface area contributed by atoms with E-state index in [4.69, 9.17) is 0 Å². The van der Waals surface area contributed by atoms with Gasteiger partial charge in [-0.25, -0.2) is 0 Å². The van der Waals surface area contributed by atoms with Crippen LogP contribution in [0.25, 0.3) is 0 Å². The first kappa shape index (κ1) is 16.4. The van der Waals surface area contributed by atoms with E-state index < -0.39 is 0 Å². The summed E-state index contributed by atoms with van der Waals surface area (Å²) in [5.74, 6) is 0.579. The third-order valence-corrected chi connectivity index (χ3v) is 4.89. The van der Waals surface area contributed by atoms with E-state index in [0.29, 0.717) is 6.04 Å². The second-order valence-electron chi connectivity index (χ2n) is 5.14. The zero-order chi connectivity index (χ0) is 15.2. The summed E-state index contributed by atoms with van der Waals surface area (Å²) in [6.07, 6.45) is 2.11. The summed E-state index contributed by atoms with van der Waals surface area (Å²) >= 11 is 4.96. The Morgan fingerprint density at radius 1 is 1.33 bits per heavy atom. The van der Waals surface area contributed by atoms with E-state index in [0.717, 1.165) is 23.1 Å². The van der Waals surface area contributed by atoms with Crippen molar-refractivity contribution in [1.82, 2.24) is 10.6 Å². The summed E-state index contributed by atoms with van der Waals surface area (Å²) < 4.78 is 1.05. The van der Waals surface area contributed by atoms with Gasteiger partial charge in [0.15, 0.2) is 0 Å². The molecule has 0 unspecified atom stereocenters. The van der Waals surface area contributed by atoms with Gasteiger partial charge in [-0.05, 0) is 37.5 Å². The maximum absolute atomic E-state index is 11.9. The Labute approximate surface area is 137 Å². The van der Waals surface area contributed by atoms with Crippen LogP contribution in [0.1, 0.15) is 25.3 Å². The molecule has 2 N–H and O–H groups in total. The van der Waals surface area contributed by atoms with E-state index in [2.05, 4.69) is 26.6 Å². The van der Waals surface area contributed by atoms with Gasteiger partial charge in [-0.15, -0.1) is 11.8 Å². The van der Waals surface area contributed by atoms with Gasteiger partial charge >= 0.3 is 0 Å². The Morgan fingerprint density at radius 3 is 2.62 bits per heavy atom. The molecule has 4 nitrogen and oxygen atoms in total. The predicted molar refractivity (Wildman–Crippen MR) is 89.1 cm³/mol. The van der Waals surface area contributed by atoms with Crippen LogP contribution >= 0.6 is 27.7 Å². The summed E-state index contributed by atoms with van der Waals surface area (Å²) in [4.78, 5) is 23.4. The highest BCUT2D eigenvalue weighted by Crippen LogP contribution is 2.20. The SMILES string of the molecule is C[C@@H](SCc1ccc(Br)cc1)C(=O)NCC(=O)NC1CC1. The summed E-state index contributed by atoms with van der Waals surface area (Å²) in [5.41, 5.74) is 1.18. The average Bonchev–Trinajstić information content (AvgIpc) is 3.27. The molecule has 1 atom stereocenters. The number of rotatable bonds is 7. The van der Waals surface area contributed by atoms with Crippen LogP contribution in [-0.2, 0) is 15.3 Å². The highest BCUT2D eigenvalue weighted by Gasteiger charge is 2.23. The lowest BCUT2D eigenvalue weighted by atomic mass is 10.2. The van der Waals surface area contributed by atoms with Gasteiger partial charge in [0, 0.05) is 16.3 Å². The number of hydrogen-bond donors (Lipinski definition) is 2. The van der Waals surface area contributed by atoms with Gasteiger partial charge in [0.2, 0.25) is 11.8 Å². The number of hydrogen-bond acceptors (Lipinski definition) is 3. The molecule has 0 spiro atoms. The summed E-state index contributed by atoms with van der Waals surface area (Å²) in [6.45, 7) is 1.93. The first-order valence-electron chi connectivity index (χ1n) is 6.97. The van der Waals surface area contributed by atoms with E-state index in [1.54, 1.807) is 11.8 Å². The molecule has 0 heterocycles. The number of benzene rings is 1. The van der Waals surface area contributed by atoms with Crippen molar-refractivity contribution in [3.63, 3.8) is 0 Å². The predicted octanol–water partition coefficient (Wildman–Crippen LogP) is 2.47. The van der Waals surface area contributed by atoms with Gasteiger partial charge < -0.3 is 10.6 Å². The van der Waals surface area contributed by atoms with E-state index in [1.165, 1.54) is 5.56 Å². The largest absolute Gasteiger partial charge is 0.352 e. The van der Waals surface area contributed by atoms with Gasteiger partial charge in [0.1, 0.15) is 0 Å². The molecular weight excluding hydrogens is 352 g/mol. The minimum Gasteiger partial charge on any atom is -0.352 e. The number of halogens is 1. The van der Waals surface area contributed by atoms with E-state index in [-0.39, 0.29) is 23.6 Å². The fraction of sp³-hybridized carbons (Fsp3) is 0.467. The maximum Gasteiger partial charge on any atom is 0.239 e. The second kappa shape index (κ2) is 7.84. The van der Waals surface area contributed by atoms with Gasteiger partial charge in [0.05, 0.1) is 11.8 Å². The first-order valence-corrected chi connectivity index (χ1v) is 8.82. The molecule has 0 radical (unpaired) electrons. The molecule has 1 aromatic carbocycles. The quantitative estimate of drug-likeness (QED) is 0.774. The topological polar surface area (TPSA) is 58.2 Å². The van der Waals surface area contributed by atoms with Crippen molar-refractivity contribution in [2.75, 3.05) is 6.54 Å². The molecule has 0 bridgehead atoms. The average molecular weight is 371 g/mol. The minimum absolute atomic E-state index is 0.0680. The molecular formula is C15H19BrN2O2S. The van der Waals surface area contributed by atoms with Crippen molar-refractivity contribution in [2.45, 2.75) is 36.8 Å². The van der Waals surface area contributed by atoms with Crippen LogP contribution in [0.5, 0.6) is 0 Å². The Balaban J connectivity index is 1.66. The lowest BCUT2D eigenvalue weighted by Crippen LogP contribution is -2.40. The molecule has 0 aromatic heterocycles. The third kappa shape index (κ3) is 6.09. The molecule has 1 aliphatic carbocycles. The summed E-state index contributed by atoms with van der Waals surface area (Å²) in [5, 5.41) is 5.35. The lowest BCUT2D eigenvalue weighted by Gasteiger charge is -2.12. The van der Waals surface area contributed by atoms with Crippen LogP contribution in [-0.4, -0.2) is 29.7 Å². The lowest BCUT2D eigenvalue weighted by molar-refractivity contribution is -0.125. The zero-order valence-electron chi connectivity index (χ0n) is 11.9. The van der Waals surface area contributed by atoms with Crippen LogP contribution in [0.2, 0.25) is 0 Å². The number of nitrogens with one attached hydrogen (secondary N) is 2. The van der Waals surface area contributed by atoms with Gasteiger partial charge in [-0.2, -0.15) is 0 Å². The Bertz CT molecular complexity index is 503. The minimum atomic E-state index is -0.178. The summed E-state index contributed by atoms with van der Waals surface area (Å²) in [6, 6.07) is 8.37. The highest BCUT2D eigenvalue weighted by atomic mass is 79.9. The van der Waals surface area contributed by atoms with Crippen LogP contribution in [0.4, 0.5) is 0 Å².